The first kappa shape index (κ1) is 83.1. The molecule has 0 saturated heterocycles. The summed E-state index contributed by atoms with van der Waals surface area (Å²) in [7, 11) is -3.52. The van der Waals surface area contributed by atoms with Crippen LogP contribution in [0.1, 0.15) is 483 Å². The molecule has 0 aliphatic heterocycles. The Morgan fingerprint density at radius 1 is 0.145 bits per heavy atom. The second-order valence-electron chi connectivity index (χ2n) is 27.3. The van der Waals surface area contributed by atoms with Gasteiger partial charge in [0, 0.05) is 0 Å². The first-order valence-electron chi connectivity index (χ1n) is 39.7. The lowest BCUT2D eigenvalue weighted by molar-refractivity contribution is 0.108. The van der Waals surface area contributed by atoms with Crippen molar-refractivity contribution in [1.29, 1.82) is 0 Å². The Hall–Kier alpha value is 0.110. The quantitative estimate of drug-likeness (QED) is 0.0450. The molecule has 0 aliphatic rings. The van der Waals surface area contributed by atoms with Crippen LogP contribution in [0.15, 0.2) is 0 Å². The van der Waals surface area contributed by atoms with Crippen LogP contribution < -0.4 is 0 Å². The fourth-order valence-corrected chi connectivity index (χ4v) is 14.1. The van der Waals surface area contributed by atoms with Gasteiger partial charge < -0.3 is 0 Å². The van der Waals surface area contributed by atoms with E-state index >= 15 is 0 Å². The summed E-state index contributed by atoms with van der Waals surface area (Å²) in [6.07, 6.45) is 100. The van der Waals surface area contributed by atoms with Gasteiger partial charge >= 0.3 is 7.82 Å². The van der Waals surface area contributed by atoms with Gasteiger partial charge in [0.1, 0.15) is 0 Å². The Labute approximate surface area is 526 Å². The fourth-order valence-electron chi connectivity index (χ4n) is 12.8. The molecule has 83 heavy (non-hydrogen) atoms. The molecule has 0 heterocycles. The van der Waals surface area contributed by atoms with E-state index in [4.69, 9.17) is 13.6 Å². The molecule has 0 radical (unpaired) electrons. The van der Waals surface area contributed by atoms with Crippen molar-refractivity contribution in [2.24, 2.45) is 0 Å². The number of hydrogen-bond acceptors (Lipinski definition) is 4. The van der Waals surface area contributed by atoms with Crippen molar-refractivity contribution in [3.05, 3.63) is 0 Å². The molecule has 0 atom stereocenters. The lowest BCUT2D eigenvalue weighted by Crippen LogP contribution is -2.04. The van der Waals surface area contributed by atoms with Crippen LogP contribution >= 0.6 is 7.82 Å². The molecule has 0 rings (SSSR count). The van der Waals surface area contributed by atoms with Gasteiger partial charge in [-0.1, -0.05) is 464 Å². The minimum absolute atomic E-state index is 0.482. The third-order valence-electron chi connectivity index (χ3n) is 18.7. The zero-order chi connectivity index (χ0) is 59.7. The topological polar surface area (TPSA) is 44.8 Å². The molecule has 0 amide bonds. The average Bonchev–Trinajstić information content (AvgIpc) is 3.50. The maximum atomic E-state index is 13.8. The van der Waals surface area contributed by atoms with E-state index < -0.39 is 7.82 Å². The van der Waals surface area contributed by atoms with Crippen LogP contribution in [0.3, 0.4) is 0 Å². The van der Waals surface area contributed by atoms with Crippen LogP contribution in [0.4, 0.5) is 0 Å². The Morgan fingerprint density at radius 3 is 0.325 bits per heavy atom. The lowest BCUT2D eigenvalue weighted by atomic mass is 10.0. The normalized spacial score (nSPS) is 12.0. The molecule has 0 bridgehead atoms. The SMILES string of the molecule is CCCCCCCCCCCCCCCCCCCCCCCCCCOP(=O)(OCCCCCCCCCCCCCCCCCCCCCCCCCC)OCCCCCCCCCCCCCCCCCCCCCCCCCC. The highest BCUT2D eigenvalue weighted by molar-refractivity contribution is 7.48. The number of phosphoric acid groups is 1. The maximum Gasteiger partial charge on any atom is 0.474 e. The van der Waals surface area contributed by atoms with E-state index in [2.05, 4.69) is 20.8 Å². The molecule has 5 heteroatoms. The van der Waals surface area contributed by atoms with Gasteiger partial charge in [0.15, 0.2) is 0 Å². The van der Waals surface area contributed by atoms with Crippen molar-refractivity contribution in [2.45, 2.75) is 483 Å². The van der Waals surface area contributed by atoms with Crippen LogP contribution in [0, 0.1) is 0 Å². The van der Waals surface area contributed by atoms with Gasteiger partial charge in [-0.05, 0) is 19.3 Å². The smallest absolute Gasteiger partial charge is 0.287 e. The van der Waals surface area contributed by atoms with Crippen LogP contribution in [-0.2, 0) is 18.1 Å². The summed E-state index contributed by atoms with van der Waals surface area (Å²) in [5, 5.41) is 0. The van der Waals surface area contributed by atoms with Crippen molar-refractivity contribution < 1.29 is 18.1 Å². The highest BCUT2D eigenvalue weighted by Crippen LogP contribution is 2.50. The van der Waals surface area contributed by atoms with Gasteiger partial charge in [-0.3, -0.25) is 13.6 Å². The first-order valence-corrected chi connectivity index (χ1v) is 41.2. The van der Waals surface area contributed by atoms with E-state index in [1.807, 2.05) is 0 Å². The van der Waals surface area contributed by atoms with Gasteiger partial charge in [-0.2, -0.15) is 0 Å². The largest absolute Gasteiger partial charge is 0.474 e. The molecule has 0 unspecified atom stereocenters. The number of hydrogen-bond donors (Lipinski definition) is 0. The van der Waals surface area contributed by atoms with E-state index in [1.165, 1.54) is 424 Å². The predicted octanol–water partition coefficient (Wildman–Crippen LogP) is 30.3. The molecule has 0 N–H and O–H groups in total. The standard InChI is InChI=1S/C78H159O4P/c1-4-7-10-13-16-19-22-25-28-31-34-37-40-43-46-49-52-55-58-61-64-67-70-73-76-80-83(79,81-77-74-71-68-65-62-59-56-53-50-47-44-41-38-35-32-29-26-23-20-17-14-11-8-5-2)82-78-75-72-69-66-63-60-57-54-51-48-45-42-39-36-33-30-27-24-21-18-15-12-9-6-3/h4-78H2,1-3H3. The second kappa shape index (κ2) is 76.4. The Morgan fingerprint density at radius 2 is 0.229 bits per heavy atom. The molecule has 0 aromatic rings. The maximum absolute atomic E-state index is 13.8. The first-order chi connectivity index (χ1) is 41.2. The fraction of sp³-hybridized carbons (Fsp3) is 1.00. The van der Waals surface area contributed by atoms with Gasteiger partial charge in [0.2, 0.25) is 0 Å². The minimum Gasteiger partial charge on any atom is -0.287 e. The van der Waals surface area contributed by atoms with Crippen molar-refractivity contribution in [2.75, 3.05) is 19.8 Å². The van der Waals surface area contributed by atoms with Gasteiger partial charge in [0.05, 0.1) is 19.8 Å². The molecule has 4 nitrogen and oxygen atoms in total. The summed E-state index contributed by atoms with van der Waals surface area (Å²) in [6.45, 7) is 8.37. The minimum atomic E-state index is -3.52. The van der Waals surface area contributed by atoms with Crippen LogP contribution in [0.2, 0.25) is 0 Å². The third-order valence-corrected chi connectivity index (χ3v) is 20.2. The molecule has 0 saturated carbocycles. The Bertz CT molecular complexity index is 1020. The van der Waals surface area contributed by atoms with Gasteiger partial charge in [0.25, 0.3) is 0 Å². The summed E-state index contributed by atoms with van der Waals surface area (Å²) < 4.78 is 31.8. The summed E-state index contributed by atoms with van der Waals surface area (Å²) in [4.78, 5) is 0. The summed E-state index contributed by atoms with van der Waals surface area (Å²) in [6, 6.07) is 0. The van der Waals surface area contributed by atoms with Crippen LogP contribution in [0.25, 0.3) is 0 Å². The zero-order valence-corrected chi connectivity index (χ0v) is 59.0. The Kier molecular flexibility index (Phi) is 76.5. The van der Waals surface area contributed by atoms with Crippen molar-refractivity contribution in [3.8, 4) is 0 Å². The highest BCUT2D eigenvalue weighted by Gasteiger charge is 2.26. The lowest BCUT2D eigenvalue weighted by Gasteiger charge is -2.18. The van der Waals surface area contributed by atoms with Crippen LogP contribution in [-0.4, -0.2) is 19.8 Å². The van der Waals surface area contributed by atoms with E-state index in [9.17, 15) is 4.57 Å². The predicted molar refractivity (Wildman–Crippen MR) is 375 cm³/mol. The van der Waals surface area contributed by atoms with Crippen molar-refractivity contribution in [1.82, 2.24) is 0 Å². The monoisotopic (exact) mass is 1190 g/mol. The Balaban J connectivity index is 4.09. The number of rotatable bonds is 78. The molecule has 0 aromatic heterocycles. The highest BCUT2D eigenvalue weighted by atomic mass is 31.2. The van der Waals surface area contributed by atoms with Crippen molar-refractivity contribution >= 4 is 7.82 Å². The van der Waals surface area contributed by atoms with E-state index in [0.29, 0.717) is 19.8 Å². The van der Waals surface area contributed by atoms with Crippen LogP contribution in [0.5, 0.6) is 0 Å². The molecule has 0 aromatic carbocycles. The number of phosphoric ester groups is 1. The summed E-state index contributed by atoms with van der Waals surface area (Å²) >= 11 is 0. The molecule has 0 aliphatic carbocycles. The molecule has 0 spiro atoms. The zero-order valence-electron chi connectivity index (χ0n) is 58.1. The average molecular weight is 1190 g/mol. The third kappa shape index (κ3) is 74.5. The van der Waals surface area contributed by atoms with Gasteiger partial charge in [-0.25, -0.2) is 4.57 Å². The second-order valence-corrected chi connectivity index (χ2v) is 29.0. The molecular formula is C78H159O4P. The number of unbranched alkanes of at least 4 members (excludes halogenated alkanes) is 69. The van der Waals surface area contributed by atoms with Crippen molar-refractivity contribution in [3.63, 3.8) is 0 Å². The molecular weight excluding hydrogens is 1030 g/mol. The molecule has 0 fully saturated rings. The van der Waals surface area contributed by atoms with Gasteiger partial charge in [-0.15, -0.1) is 0 Å². The van der Waals surface area contributed by atoms with E-state index in [1.54, 1.807) is 0 Å². The summed E-state index contributed by atoms with van der Waals surface area (Å²) in [5.41, 5.74) is 0. The van der Waals surface area contributed by atoms with E-state index in [-0.39, 0.29) is 0 Å². The van der Waals surface area contributed by atoms with E-state index in [0.717, 1.165) is 38.5 Å². The summed E-state index contributed by atoms with van der Waals surface area (Å²) in [5.74, 6) is 0. The molecule has 500 valence electrons.